The number of Topliss-reactive ketones (excluding diaryl/α,β-unsaturated/α-hetero) is 1. The van der Waals surface area contributed by atoms with Crippen LogP contribution in [0.15, 0.2) is 52.3 Å². The number of thioether (sulfide) groups is 1. The van der Waals surface area contributed by atoms with Crippen LogP contribution in [0.1, 0.15) is 15.9 Å². The van der Waals surface area contributed by atoms with Crippen molar-refractivity contribution in [2.24, 2.45) is 0 Å². The Bertz CT molecular complexity index is 692. The van der Waals surface area contributed by atoms with E-state index in [4.69, 9.17) is 11.6 Å². The first-order chi connectivity index (χ1) is 9.13. The van der Waals surface area contributed by atoms with E-state index in [2.05, 4.69) is 0 Å². The summed E-state index contributed by atoms with van der Waals surface area (Å²) in [6.45, 7) is 0. The fourth-order valence-electron chi connectivity index (χ4n) is 1.87. The van der Waals surface area contributed by atoms with Gasteiger partial charge in [0.1, 0.15) is 5.82 Å². The summed E-state index contributed by atoms with van der Waals surface area (Å²) in [5.41, 5.74) is 1.33. The van der Waals surface area contributed by atoms with Gasteiger partial charge >= 0.3 is 0 Å². The lowest BCUT2D eigenvalue weighted by atomic mass is 10.1. The third-order valence-corrected chi connectivity index (χ3v) is 4.15. The molecule has 2 aromatic carbocycles. The van der Waals surface area contributed by atoms with E-state index in [0.717, 1.165) is 10.5 Å². The van der Waals surface area contributed by atoms with Crippen LogP contribution in [0.4, 0.5) is 4.39 Å². The molecule has 0 fully saturated rings. The molecule has 94 valence electrons. The molecule has 19 heavy (non-hydrogen) atoms. The van der Waals surface area contributed by atoms with Crippen molar-refractivity contribution in [3.8, 4) is 0 Å². The molecule has 0 saturated heterocycles. The summed E-state index contributed by atoms with van der Waals surface area (Å²) < 4.78 is 13.1. The minimum Gasteiger partial charge on any atom is -0.288 e. The van der Waals surface area contributed by atoms with E-state index in [-0.39, 0.29) is 11.6 Å². The summed E-state index contributed by atoms with van der Waals surface area (Å²) in [5.74, 6) is -0.519. The molecule has 0 aliphatic carbocycles. The number of allylic oxidation sites excluding steroid dienone is 1. The zero-order valence-electron chi connectivity index (χ0n) is 9.69. The van der Waals surface area contributed by atoms with Gasteiger partial charge in [-0.25, -0.2) is 4.39 Å². The predicted molar refractivity (Wildman–Crippen MR) is 76.0 cm³/mol. The first kappa shape index (κ1) is 12.5. The SMILES string of the molecule is O=C1/C(=C/c2ccc(Cl)cc2)Sc2ccc(F)cc21. The van der Waals surface area contributed by atoms with E-state index < -0.39 is 0 Å². The van der Waals surface area contributed by atoms with E-state index in [1.54, 1.807) is 24.3 Å². The van der Waals surface area contributed by atoms with Crippen LogP contribution < -0.4 is 0 Å². The lowest BCUT2D eigenvalue weighted by molar-refractivity contribution is 0.104. The Labute approximate surface area is 119 Å². The predicted octanol–water partition coefficient (Wildman–Crippen LogP) is 4.81. The Balaban J connectivity index is 1.97. The average molecular weight is 291 g/mol. The normalized spacial score (nSPS) is 15.9. The summed E-state index contributed by atoms with van der Waals surface area (Å²) in [4.78, 5) is 13.5. The summed E-state index contributed by atoms with van der Waals surface area (Å²) >= 11 is 7.18. The first-order valence-corrected chi connectivity index (χ1v) is 6.82. The monoisotopic (exact) mass is 290 g/mol. The van der Waals surface area contributed by atoms with Crippen molar-refractivity contribution in [3.05, 3.63) is 69.3 Å². The van der Waals surface area contributed by atoms with E-state index in [1.807, 2.05) is 12.1 Å². The molecule has 0 radical (unpaired) electrons. The number of carbonyl (C=O) groups is 1. The van der Waals surface area contributed by atoms with Crippen molar-refractivity contribution in [3.63, 3.8) is 0 Å². The van der Waals surface area contributed by atoms with Crippen molar-refractivity contribution in [2.45, 2.75) is 4.90 Å². The Morgan fingerprint density at radius 1 is 1.11 bits per heavy atom. The van der Waals surface area contributed by atoms with Gasteiger partial charge in [-0.2, -0.15) is 0 Å². The largest absolute Gasteiger partial charge is 0.288 e. The van der Waals surface area contributed by atoms with E-state index >= 15 is 0 Å². The standard InChI is InChI=1S/C15H8ClFOS/c16-10-3-1-9(2-4-10)7-14-15(18)12-8-11(17)5-6-13(12)19-14/h1-8H/b14-7-. The van der Waals surface area contributed by atoms with E-state index in [1.165, 1.54) is 23.9 Å². The highest BCUT2D eigenvalue weighted by Gasteiger charge is 2.26. The molecule has 0 amide bonds. The molecule has 0 aromatic heterocycles. The van der Waals surface area contributed by atoms with Crippen LogP contribution in [0.2, 0.25) is 5.02 Å². The molecule has 0 unspecified atom stereocenters. The Morgan fingerprint density at radius 2 is 1.84 bits per heavy atom. The highest BCUT2D eigenvalue weighted by Crippen LogP contribution is 2.41. The molecule has 0 N–H and O–H groups in total. The summed E-state index contributed by atoms with van der Waals surface area (Å²) in [6, 6.07) is 11.5. The number of ketones is 1. The van der Waals surface area contributed by atoms with Gasteiger partial charge in [0.2, 0.25) is 5.78 Å². The molecule has 4 heteroatoms. The van der Waals surface area contributed by atoms with Gasteiger partial charge in [-0.3, -0.25) is 4.79 Å². The van der Waals surface area contributed by atoms with Crippen molar-refractivity contribution in [1.82, 2.24) is 0 Å². The fraction of sp³-hybridized carbons (Fsp3) is 0. The Kier molecular flexibility index (Phi) is 3.17. The maximum absolute atomic E-state index is 13.1. The molecule has 0 bridgehead atoms. The smallest absolute Gasteiger partial charge is 0.200 e. The van der Waals surface area contributed by atoms with Crippen LogP contribution in [-0.2, 0) is 0 Å². The van der Waals surface area contributed by atoms with Crippen LogP contribution >= 0.6 is 23.4 Å². The number of rotatable bonds is 1. The van der Waals surface area contributed by atoms with Crippen LogP contribution in [0.5, 0.6) is 0 Å². The van der Waals surface area contributed by atoms with Crippen LogP contribution in [0.3, 0.4) is 0 Å². The average Bonchev–Trinajstić information content (AvgIpc) is 2.70. The van der Waals surface area contributed by atoms with Crippen molar-refractivity contribution < 1.29 is 9.18 Å². The van der Waals surface area contributed by atoms with Crippen molar-refractivity contribution in [2.75, 3.05) is 0 Å². The van der Waals surface area contributed by atoms with E-state index in [0.29, 0.717) is 15.5 Å². The van der Waals surface area contributed by atoms with Crippen LogP contribution in [0.25, 0.3) is 6.08 Å². The maximum Gasteiger partial charge on any atom is 0.200 e. The Hall–Kier alpha value is -1.58. The number of fused-ring (bicyclic) bond motifs is 1. The number of benzene rings is 2. The van der Waals surface area contributed by atoms with Gasteiger partial charge in [-0.05, 0) is 42.0 Å². The third kappa shape index (κ3) is 2.44. The maximum atomic E-state index is 13.1. The van der Waals surface area contributed by atoms with Gasteiger partial charge in [0.25, 0.3) is 0 Å². The second kappa shape index (κ2) is 4.83. The van der Waals surface area contributed by atoms with Gasteiger partial charge in [-0.15, -0.1) is 0 Å². The van der Waals surface area contributed by atoms with Crippen LogP contribution in [0, 0.1) is 5.82 Å². The third-order valence-electron chi connectivity index (χ3n) is 2.80. The van der Waals surface area contributed by atoms with Gasteiger partial charge < -0.3 is 0 Å². The van der Waals surface area contributed by atoms with Gasteiger partial charge in [-0.1, -0.05) is 35.5 Å². The number of hydrogen-bond donors (Lipinski definition) is 0. The van der Waals surface area contributed by atoms with Crippen molar-refractivity contribution >= 4 is 35.2 Å². The zero-order valence-corrected chi connectivity index (χ0v) is 11.3. The van der Waals surface area contributed by atoms with E-state index in [9.17, 15) is 9.18 Å². The number of carbonyl (C=O) groups excluding carboxylic acids is 1. The molecule has 1 aliphatic rings. The highest BCUT2D eigenvalue weighted by molar-refractivity contribution is 8.04. The second-order valence-corrected chi connectivity index (χ2v) is 5.65. The molecule has 0 saturated carbocycles. The lowest BCUT2D eigenvalue weighted by Crippen LogP contribution is -1.94. The van der Waals surface area contributed by atoms with Crippen LogP contribution in [-0.4, -0.2) is 5.78 Å². The molecule has 1 nitrogen and oxygen atoms in total. The molecular formula is C15H8ClFOS. The van der Waals surface area contributed by atoms with Crippen molar-refractivity contribution in [1.29, 1.82) is 0 Å². The molecule has 0 spiro atoms. The summed E-state index contributed by atoms with van der Waals surface area (Å²) in [6.07, 6.45) is 1.79. The first-order valence-electron chi connectivity index (χ1n) is 5.63. The molecule has 3 rings (SSSR count). The van der Waals surface area contributed by atoms with Gasteiger partial charge in [0.15, 0.2) is 0 Å². The quantitative estimate of drug-likeness (QED) is 0.701. The van der Waals surface area contributed by atoms with Gasteiger partial charge in [0, 0.05) is 15.5 Å². The second-order valence-electron chi connectivity index (χ2n) is 4.13. The lowest BCUT2D eigenvalue weighted by Gasteiger charge is -1.96. The minimum atomic E-state index is -0.388. The fourth-order valence-corrected chi connectivity index (χ4v) is 3.03. The molecule has 1 heterocycles. The molecule has 0 atom stereocenters. The topological polar surface area (TPSA) is 17.1 Å². The number of halogens is 2. The zero-order chi connectivity index (χ0) is 13.4. The molecule has 1 aliphatic heterocycles. The Morgan fingerprint density at radius 3 is 2.58 bits per heavy atom. The minimum absolute atomic E-state index is 0.130. The highest BCUT2D eigenvalue weighted by atomic mass is 35.5. The summed E-state index contributed by atoms with van der Waals surface area (Å²) in [5, 5.41) is 0.651. The number of hydrogen-bond acceptors (Lipinski definition) is 2. The summed E-state index contributed by atoms with van der Waals surface area (Å²) in [7, 11) is 0. The van der Waals surface area contributed by atoms with Gasteiger partial charge in [0.05, 0.1) is 4.91 Å². The molecular weight excluding hydrogens is 283 g/mol. The molecule has 2 aromatic rings.